The number of benzene rings is 1. The topological polar surface area (TPSA) is 87.8 Å². The van der Waals surface area contributed by atoms with Crippen molar-refractivity contribution in [1.29, 1.82) is 0 Å². The highest BCUT2D eigenvalue weighted by molar-refractivity contribution is 6.31. The first kappa shape index (κ1) is 23.2. The summed E-state index contributed by atoms with van der Waals surface area (Å²) in [5.41, 5.74) is 8.16. The highest BCUT2D eigenvalue weighted by atomic mass is 35.5. The van der Waals surface area contributed by atoms with Crippen LogP contribution in [0.2, 0.25) is 5.02 Å². The Bertz CT molecular complexity index is 903. The quantitative estimate of drug-likeness (QED) is 0.729. The third kappa shape index (κ3) is 5.84. The molecule has 168 valence electrons. The predicted octanol–water partition coefficient (Wildman–Crippen LogP) is 2.62. The maximum absolute atomic E-state index is 12.8. The molecule has 2 N–H and O–H groups in total. The van der Waals surface area contributed by atoms with Crippen molar-refractivity contribution < 1.29 is 9.53 Å². The maximum atomic E-state index is 12.8. The summed E-state index contributed by atoms with van der Waals surface area (Å²) in [5.74, 6) is 0.940. The van der Waals surface area contributed by atoms with Crippen molar-refractivity contribution in [3.8, 4) is 0 Å². The molecular weight excluding hydrogens is 416 g/mol. The number of carbonyl (C=O) groups excluding carboxylic acids is 1. The van der Waals surface area contributed by atoms with E-state index in [-0.39, 0.29) is 17.9 Å². The van der Waals surface area contributed by atoms with E-state index in [1.54, 1.807) is 18.0 Å². The molecule has 1 atom stereocenters. The van der Waals surface area contributed by atoms with E-state index in [1.165, 1.54) is 0 Å². The molecule has 2 heterocycles. The predicted molar refractivity (Wildman–Crippen MR) is 124 cm³/mol. The number of nitrogens with zero attached hydrogens (tertiary/aromatic N) is 5. The van der Waals surface area contributed by atoms with Crippen LogP contribution in [-0.2, 0) is 4.74 Å². The molecule has 3 rings (SSSR count). The lowest BCUT2D eigenvalue weighted by Gasteiger charge is -2.31. The molecule has 1 unspecified atom stereocenters. The van der Waals surface area contributed by atoms with Crippen LogP contribution >= 0.6 is 11.6 Å². The van der Waals surface area contributed by atoms with Crippen LogP contribution < -0.4 is 10.6 Å². The zero-order valence-electron chi connectivity index (χ0n) is 18.6. The highest BCUT2D eigenvalue weighted by Gasteiger charge is 2.27. The minimum Gasteiger partial charge on any atom is -0.379 e. The van der Waals surface area contributed by atoms with Crippen LogP contribution in [0.3, 0.4) is 0 Å². The molecule has 1 amide bonds. The molecule has 9 heteroatoms. The van der Waals surface area contributed by atoms with Crippen LogP contribution in [0.1, 0.15) is 34.1 Å². The van der Waals surface area contributed by atoms with Gasteiger partial charge in [-0.1, -0.05) is 17.7 Å². The second-order valence-corrected chi connectivity index (χ2v) is 8.54. The van der Waals surface area contributed by atoms with Crippen LogP contribution in [0, 0.1) is 6.92 Å². The van der Waals surface area contributed by atoms with Gasteiger partial charge in [0.15, 0.2) is 0 Å². The average molecular weight is 447 g/mol. The zero-order valence-corrected chi connectivity index (χ0v) is 19.4. The zero-order chi connectivity index (χ0) is 22.5. The van der Waals surface area contributed by atoms with Gasteiger partial charge in [-0.05, 0) is 45.1 Å². The summed E-state index contributed by atoms with van der Waals surface area (Å²) >= 11 is 6.69. The summed E-state index contributed by atoms with van der Waals surface area (Å²) in [7, 11) is 5.77. The first-order valence-corrected chi connectivity index (χ1v) is 10.8. The van der Waals surface area contributed by atoms with E-state index in [4.69, 9.17) is 22.1 Å². The van der Waals surface area contributed by atoms with Crippen LogP contribution in [0.15, 0.2) is 24.3 Å². The van der Waals surface area contributed by atoms with Gasteiger partial charge >= 0.3 is 0 Å². The Morgan fingerprint density at radius 1 is 1.26 bits per heavy atom. The number of nitrogen functional groups attached to an aromatic ring is 1. The van der Waals surface area contributed by atoms with E-state index in [1.807, 2.05) is 44.1 Å². The van der Waals surface area contributed by atoms with Crippen LogP contribution in [0.4, 0.5) is 11.8 Å². The molecule has 0 aliphatic carbocycles. The number of hydrogen-bond donors (Lipinski definition) is 1. The van der Waals surface area contributed by atoms with Crippen LogP contribution in [0.25, 0.3) is 0 Å². The van der Waals surface area contributed by atoms with Crippen molar-refractivity contribution in [1.82, 2.24) is 19.8 Å². The fraction of sp³-hybridized carbons (Fsp3) is 0.500. The monoisotopic (exact) mass is 446 g/mol. The molecular formula is C22H31ClN6O2. The molecule has 0 saturated carbocycles. The van der Waals surface area contributed by atoms with Crippen molar-refractivity contribution in [2.24, 2.45) is 0 Å². The molecule has 1 fully saturated rings. The van der Waals surface area contributed by atoms with Gasteiger partial charge in [0.1, 0.15) is 5.82 Å². The Balaban J connectivity index is 1.87. The van der Waals surface area contributed by atoms with Gasteiger partial charge in [-0.25, -0.2) is 4.98 Å². The number of hydrogen-bond acceptors (Lipinski definition) is 7. The molecule has 2 aromatic rings. The summed E-state index contributed by atoms with van der Waals surface area (Å²) < 4.78 is 5.84. The summed E-state index contributed by atoms with van der Waals surface area (Å²) in [6.45, 7) is 5.22. The van der Waals surface area contributed by atoms with E-state index in [0.717, 1.165) is 36.6 Å². The lowest BCUT2D eigenvalue weighted by Crippen LogP contribution is -2.34. The number of rotatable bonds is 6. The number of likely N-dealkylation sites (N-methyl/N-ethyl adjacent to an activating group) is 2. The van der Waals surface area contributed by atoms with Crippen LogP contribution in [0.5, 0.6) is 0 Å². The highest BCUT2D eigenvalue weighted by Crippen LogP contribution is 2.33. The minimum atomic E-state index is -0.140. The van der Waals surface area contributed by atoms with E-state index in [2.05, 4.69) is 14.9 Å². The van der Waals surface area contributed by atoms with E-state index < -0.39 is 0 Å². The Hall–Kier alpha value is -2.42. The molecule has 31 heavy (non-hydrogen) atoms. The van der Waals surface area contributed by atoms with Crippen molar-refractivity contribution in [3.05, 3.63) is 46.1 Å². The van der Waals surface area contributed by atoms with E-state index >= 15 is 0 Å². The van der Waals surface area contributed by atoms with Crippen molar-refractivity contribution in [2.75, 3.05) is 64.6 Å². The van der Waals surface area contributed by atoms with E-state index in [0.29, 0.717) is 30.3 Å². The summed E-state index contributed by atoms with van der Waals surface area (Å²) in [6, 6.07) is 7.27. The normalized spacial score (nSPS) is 17.0. The van der Waals surface area contributed by atoms with Crippen molar-refractivity contribution in [2.45, 2.75) is 19.4 Å². The van der Waals surface area contributed by atoms with Gasteiger partial charge in [0, 0.05) is 55.6 Å². The first-order chi connectivity index (χ1) is 14.8. The average Bonchev–Trinajstić information content (AvgIpc) is 2.96. The molecule has 0 bridgehead atoms. The Kier molecular flexibility index (Phi) is 7.69. The summed E-state index contributed by atoms with van der Waals surface area (Å²) in [4.78, 5) is 27.3. The smallest absolute Gasteiger partial charge is 0.253 e. The Labute approximate surface area is 188 Å². The van der Waals surface area contributed by atoms with Crippen LogP contribution in [-0.4, -0.2) is 79.7 Å². The molecule has 8 nitrogen and oxygen atoms in total. The lowest BCUT2D eigenvalue weighted by molar-refractivity contribution is 0.0786. The fourth-order valence-electron chi connectivity index (χ4n) is 3.63. The molecule has 1 aromatic carbocycles. The largest absolute Gasteiger partial charge is 0.379 e. The fourth-order valence-corrected chi connectivity index (χ4v) is 3.94. The van der Waals surface area contributed by atoms with Gasteiger partial charge in [-0.3, -0.25) is 4.79 Å². The first-order valence-electron chi connectivity index (χ1n) is 10.4. The minimum absolute atomic E-state index is 0.0523. The lowest BCUT2D eigenvalue weighted by atomic mass is 10.0. The van der Waals surface area contributed by atoms with Gasteiger partial charge in [0.2, 0.25) is 5.95 Å². The standard InChI is InChI=1S/C22H31ClN6O2/c1-15-12-20(26-22(24)25-15)29-8-5-11-31-14-19(29)17-7-6-16(13-18(17)23)21(30)28(4)10-9-27(2)3/h6-7,12-13,19H,5,8-11,14H2,1-4H3,(H2,24,25,26). The van der Waals surface area contributed by atoms with Gasteiger partial charge in [-0.15, -0.1) is 0 Å². The SMILES string of the molecule is Cc1cc(N2CCCOCC2c2ccc(C(=O)N(C)CCN(C)C)cc2Cl)nc(N)n1. The summed E-state index contributed by atoms with van der Waals surface area (Å²) in [6.07, 6.45) is 0.865. The van der Waals surface area contributed by atoms with Gasteiger partial charge in [0.25, 0.3) is 5.91 Å². The number of halogens is 1. The molecule has 1 aliphatic rings. The number of anilines is 2. The number of ether oxygens (including phenoxy) is 1. The van der Waals surface area contributed by atoms with Gasteiger partial charge in [0.05, 0.1) is 12.6 Å². The second-order valence-electron chi connectivity index (χ2n) is 8.13. The molecule has 0 spiro atoms. The number of aryl methyl sites for hydroxylation is 1. The molecule has 1 aliphatic heterocycles. The third-order valence-corrected chi connectivity index (χ3v) is 5.65. The number of amides is 1. The van der Waals surface area contributed by atoms with Crippen molar-refractivity contribution >= 4 is 29.3 Å². The van der Waals surface area contributed by atoms with Gasteiger partial charge < -0.3 is 25.2 Å². The third-order valence-electron chi connectivity index (χ3n) is 5.33. The Morgan fingerprint density at radius 3 is 2.71 bits per heavy atom. The number of aromatic nitrogens is 2. The van der Waals surface area contributed by atoms with Crippen molar-refractivity contribution in [3.63, 3.8) is 0 Å². The Morgan fingerprint density at radius 2 is 2.03 bits per heavy atom. The molecule has 1 saturated heterocycles. The second kappa shape index (κ2) is 10.3. The van der Waals surface area contributed by atoms with E-state index in [9.17, 15) is 4.79 Å². The molecule has 1 aromatic heterocycles. The number of carbonyl (C=O) groups is 1. The molecule has 0 radical (unpaired) electrons. The summed E-state index contributed by atoms with van der Waals surface area (Å²) in [5, 5.41) is 0.533. The number of nitrogens with two attached hydrogens (primary N) is 1. The maximum Gasteiger partial charge on any atom is 0.253 e. The van der Waals surface area contributed by atoms with Gasteiger partial charge in [-0.2, -0.15) is 4.98 Å².